The van der Waals surface area contributed by atoms with Crippen molar-refractivity contribution in [2.75, 3.05) is 19.0 Å². The molecule has 4 aromatic rings. The van der Waals surface area contributed by atoms with E-state index in [-0.39, 0.29) is 22.7 Å². The van der Waals surface area contributed by atoms with Gasteiger partial charge in [-0.2, -0.15) is 4.31 Å². The van der Waals surface area contributed by atoms with Gasteiger partial charge in [-0.05, 0) is 36.4 Å². The van der Waals surface area contributed by atoms with Gasteiger partial charge in [-0.25, -0.2) is 8.42 Å². The molecule has 0 bridgehead atoms. The SMILES string of the molecule is COc1cccc2cc(-c3nnc(NC(=O)C4CCCCN4S(=O)(=O)c4cccs4)o3)oc12. The quantitative estimate of drug-likeness (QED) is 0.435. The summed E-state index contributed by atoms with van der Waals surface area (Å²) in [7, 11) is -2.22. The van der Waals surface area contributed by atoms with Gasteiger partial charge in [0, 0.05) is 11.9 Å². The van der Waals surface area contributed by atoms with Gasteiger partial charge in [0.2, 0.25) is 5.91 Å². The van der Waals surface area contributed by atoms with Gasteiger partial charge in [0.15, 0.2) is 17.1 Å². The molecule has 172 valence electrons. The van der Waals surface area contributed by atoms with Crippen LogP contribution in [0.15, 0.2) is 54.8 Å². The molecular formula is C21H20N4O6S2. The van der Waals surface area contributed by atoms with Gasteiger partial charge in [0.25, 0.3) is 15.9 Å². The van der Waals surface area contributed by atoms with Gasteiger partial charge in [0.1, 0.15) is 10.3 Å². The third kappa shape index (κ3) is 4.01. The summed E-state index contributed by atoms with van der Waals surface area (Å²) in [6, 6.07) is 9.40. The van der Waals surface area contributed by atoms with Crippen molar-refractivity contribution >= 4 is 44.3 Å². The van der Waals surface area contributed by atoms with Gasteiger partial charge < -0.3 is 13.6 Å². The number of fused-ring (bicyclic) bond motifs is 1. The topological polar surface area (TPSA) is 128 Å². The normalized spacial score (nSPS) is 17.3. The molecule has 0 saturated carbocycles. The number of amides is 1. The number of ether oxygens (including phenoxy) is 1. The van der Waals surface area contributed by atoms with Crippen molar-refractivity contribution < 1.29 is 26.8 Å². The first-order valence-electron chi connectivity index (χ1n) is 10.2. The zero-order chi connectivity index (χ0) is 23.0. The molecule has 1 atom stereocenters. The predicted octanol–water partition coefficient (Wildman–Crippen LogP) is 3.73. The van der Waals surface area contributed by atoms with Crippen molar-refractivity contribution in [2.24, 2.45) is 0 Å². The molecule has 0 spiro atoms. The van der Waals surface area contributed by atoms with Crippen LogP contribution >= 0.6 is 11.3 Å². The van der Waals surface area contributed by atoms with Crippen LogP contribution in [0.2, 0.25) is 0 Å². The molecule has 0 radical (unpaired) electrons. The highest BCUT2D eigenvalue weighted by Gasteiger charge is 2.38. The molecule has 1 amide bonds. The van der Waals surface area contributed by atoms with Crippen molar-refractivity contribution in [3.8, 4) is 17.4 Å². The van der Waals surface area contributed by atoms with E-state index in [0.29, 0.717) is 29.9 Å². The Bertz CT molecular complexity index is 1390. The number of nitrogens with one attached hydrogen (secondary N) is 1. The van der Waals surface area contributed by atoms with Crippen LogP contribution < -0.4 is 10.1 Å². The van der Waals surface area contributed by atoms with E-state index in [1.807, 2.05) is 12.1 Å². The average molecular weight is 489 g/mol. The molecule has 3 aromatic heterocycles. The van der Waals surface area contributed by atoms with E-state index in [1.54, 1.807) is 30.7 Å². The van der Waals surface area contributed by atoms with Crippen LogP contribution in [0.25, 0.3) is 22.6 Å². The van der Waals surface area contributed by atoms with Gasteiger partial charge >= 0.3 is 6.01 Å². The Balaban J connectivity index is 1.36. The lowest BCUT2D eigenvalue weighted by Crippen LogP contribution is -2.49. The fourth-order valence-corrected chi connectivity index (χ4v) is 6.62. The smallest absolute Gasteiger partial charge is 0.322 e. The summed E-state index contributed by atoms with van der Waals surface area (Å²) >= 11 is 1.12. The lowest BCUT2D eigenvalue weighted by atomic mass is 10.0. The van der Waals surface area contributed by atoms with Gasteiger partial charge in [0.05, 0.1) is 7.11 Å². The van der Waals surface area contributed by atoms with Crippen molar-refractivity contribution in [1.29, 1.82) is 0 Å². The largest absolute Gasteiger partial charge is 0.493 e. The highest BCUT2D eigenvalue weighted by molar-refractivity contribution is 7.91. The second-order valence-electron chi connectivity index (χ2n) is 7.45. The molecular weight excluding hydrogens is 468 g/mol. The highest BCUT2D eigenvalue weighted by atomic mass is 32.2. The Morgan fingerprint density at radius 3 is 2.88 bits per heavy atom. The number of anilines is 1. The van der Waals surface area contributed by atoms with Crippen molar-refractivity contribution in [3.63, 3.8) is 0 Å². The number of benzene rings is 1. The molecule has 1 aliphatic heterocycles. The lowest BCUT2D eigenvalue weighted by Gasteiger charge is -2.32. The van der Waals surface area contributed by atoms with E-state index < -0.39 is 22.0 Å². The standard InChI is InChI=1S/C21H20N4O6S2/c1-29-15-8-4-6-13-12-16(30-18(13)15)20-23-24-21(31-20)22-19(26)14-7-2-3-10-25(14)33(27,28)17-9-5-11-32-17/h4-6,8-9,11-12,14H,2-3,7,10H2,1H3,(H,22,24,26). The maximum absolute atomic E-state index is 13.0. The summed E-state index contributed by atoms with van der Waals surface area (Å²) < 4.78 is 44.2. The van der Waals surface area contributed by atoms with Crippen molar-refractivity contribution in [3.05, 3.63) is 41.8 Å². The number of sulfonamides is 1. The maximum Gasteiger partial charge on any atom is 0.322 e. The number of piperidine rings is 1. The minimum atomic E-state index is -3.77. The van der Waals surface area contributed by atoms with E-state index >= 15 is 0 Å². The average Bonchev–Trinajstić information content (AvgIpc) is 3.59. The Kier molecular flexibility index (Phi) is 5.64. The summed E-state index contributed by atoms with van der Waals surface area (Å²) in [6.45, 7) is 0.272. The third-order valence-corrected chi connectivity index (χ3v) is 8.69. The fraction of sp³-hybridized carbons (Fsp3) is 0.286. The fourth-order valence-electron chi connectivity index (χ4n) is 3.85. The van der Waals surface area contributed by atoms with Gasteiger partial charge in [-0.3, -0.25) is 10.1 Å². The molecule has 1 N–H and O–H groups in total. The van der Waals surface area contributed by atoms with E-state index in [1.165, 1.54) is 10.4 Å². The lowest BCUT2D eigenvalue weighted by molar-refractivity contribution is -0.120. The number of thiophene rings is 1. The number of hydrogen-bond acceptors (Lipinski definition) is 9. The zero-order valence-electron chi connectivity index (χ0n) is 17.6. The monoisotopic (exact) mass is 488 g/mol. The molecule has 1 fully saturated rings. The Hall–Kier alpha value is -3.22. The molecule has 1 saturated heterocycles. The Morgan fingerprint density at radius 1 is 1.21 bits per heavy atom. The van der Waals surface area contributed by atoms with E-state index in [2.05, 4.69) is 15.5 Å². The number of para-hydroxylation sites is 1. The summed E-state index contributed by atoms with van der Waals surface area (Å²) in [5.74, 6) is 0.449. The zero-order valence-corrected chi connectivity index (χ0v) is 19.2. The minimum Gasteiger partial charge on any atom is -0.493 e. The number of hydrogen-bond donors (Lipinski definition) is 1. The molecule has 4 heterocycles. The van der Waals surface area contributed by atoms with Crippen LogP contribution in [-0.2, 0) is 14.8 Å². The molecule has 1 aliphatic rings. The number of carbonyl (C=O) groups is 1. The van der Waals surface area contributed by atoms with Crippen molar-refractivity contribution in [1.82, 2.24) is 14.5 Å². The second kappa shape index (κ2) is 8.61. The number of furan rings is 1. The maximum atomic E-state index is 13.0. The van der Waals surface area contributed by atoms with Crippen LogP contribution in [0.4, 0.5) is 6.01 Å². The highest BCUT2D eigenvalue weighted by Crippen LogP contribution is 2.33. The van der Waals surface area contributed by atoms with Crippen LogP contribution in [0.1, 0.15) is 19.3 Å². The Labute approximate surface area is 193 Å². The molecule has 1 unspecified atom stereocenters. The summed E-state index contributed by atoms with van der Waals surface area (Å²) in [6.07, 6.45) is 1.83. The Morgan fingerprint density at radius 2 is 2.09 bits per heavy atom. The molecule has 0 aliphatic carbocycles. The minimum absolute atomic E-state index is 0.0789. The molecule has 10 nitrogen and oxygen atoms in total. The summed E-state index contributed by atoms with van der Waals surface area (Å²) in [5.41, 5.74) is 0.537. The second-order valence-corrected chi connectivity index (χ2v) is 10.5. The first kappa shape index (κ1) is 21.6. The van der Waals surface area contributed by atoms with E-state index in [0.717, 1.165) is 23.1 Å². The number of methoxy groups -OCH3 is 1. The summed E-state index contributed by atoms with van der Waals surface area (Å²) in [4.78, 5) is 13.0. The number of nitrogens with zero attached hydrogens (tertiary/aromatic N) is 3. The van der Waals surface area contributed by atoms with Crippen molar-refractivity contribution in [2.45, 2.75) is 29.5 Å². The van der Waals surface area contributed by atoms with E-state index in [9.17, 15) is 13.2 Å². The van der Waals surface area contributed by atoms with Crippen LogP contribution in [0.3, 0.4) is 0 Å². The first-order chi connectivity index (χ1) is 16.0. The summed E-state index contributed by atoms with van der Waals surface area (Å²) in [5, 5.41) is 12.9. The van der Waals surface area contributed by atoms with Gasteiger partial charge in [-0.1, -0.05) is 29.7 Å². The number of rotatable bonds is 6. The molecule has 1 aromatic carbocycles. The first-order valence-corrected chi connectivity index (χ1v) is 12.6. The van der Waals surface area contributed by atoms with Crippen LogP contribution in [0.5, 0.6) is 5.75 Å². The molecule has 12 heteroatoms. The van der Waals surface area contributed by atoms with Crippen LogP contribution in [0, 0.1) is 0 Å². The number of carbonyl (C=O) groups excluding carboxylic acids is 1. The number of aromatic nitrogens is 2. The van der Waals surface area contributed by atoms with E-state index in [4.69, 9.17) is 13.6 Å². The van der Waals surface area contributed by atoms with Crippen LogP contribution in [-0.4, -0.2) is 48.5 Å². The molecule has 5 rings (SSSR count). The van der Waals surface area contributed by atoms with Gasteiger partial charge in [-0.15, -0.1) is 16.4 Å². The third-order valence-electron chi connectivity index (χ3n) is 5.41. The predicted molar refractivity (Wildman–Crippen MR) is 121 cm³/mol. The molecule has 33 heavy (non-hydrogen) atoms.